The molecule has 0 aromatic heterocycles. The lowest BCUT2D eigenvalue weighted by molar-refractivity contribution is -0.152. The molecule has 14 heavy (non-hydrogen) atoms. The third-order valence-corrected chi connectivity index (χ3v) is 1.77. The Labute approximate surface area is 81.7 Å². The van der Waals surface area contributed by atoms with Crippen molar-refractivity contribution in [1.82, 2.24) is 0 Å². The van der Waals surface area contributed by atoms with Crippen molar-refractivity contribution in [2.45, 2.75) is 12.5 Å². The van der Waals surface area contributed by atoms with Crippen molar-refractivity contribution < 1.29 is 14.3 Å². The maximum Gasteiger partial charge on any atom is 0.330 e. The topological polar surface area (TPSA) is 69.4 Å². The molecule has 0 bridgehead atoms. The maximum atomic E-state index is 11.0. The molecule has 1 aromatic rings. The minimum Gasteiger partial charge on any atom is -0.394 e. The highest BCUT2D eigenvalue weighted by molar-refractivity contribution is 5.81. The highest BCUT2D eigenvalue weighted by atomic mass is 16.6. The van der Waals surface area contributed by atoms with Gasteiger partial charge in [0.25, 0.3) is 0 Å². The highest BCUT2D eigenvalue weighted by Crippen LogP contribution is 2.02. The van der Waals surface area contributed by atoms with Crippen LogP contribution >= 0.6 is 0 Å². The molecular weight excluding hydrogens is 182 g/mol. The third-order valence-electron chi connectivity index (χ3n) is 1.77. The summed E-state index contributed by atoms with van der Waals surface area (Å²) in [4.78, 5) is 20.8. The van der Waals surface area contributed by atoms with Crippen LogP contribution in [0.1, 0.15) is 5.56 Å². The molecule has 1 atom stereocenters. The number of esters is 1. The molecule has 0 unspecified atom stereocenters. The van der Waals surface area contributed by atoms with Crippen molar-refractivity contribution in [3.05, 3.63) is 35.9 Å². The van der Waals surface area contributed by atoms with Gasteiger partial charge in [-0.3, -0.25) is 4.79 Å². The summed E-state index contributed by atoms with van der Waals surface area (Å²) in [5, 5.41) is 0. The summed E-state index contributed by atoms with van der Waals surface area (Å²) in [5.41, 5.74) is 6.44. The molecule has 1 aromatic carbocycles. The smallest absolute Gasteiger partial charge is 0.330 e. The zero-order valence-corrected chi connectivity index (χ0v) is 7.55. The Morgan fingerprint density at radius 1 is 1.43 bits per heavy atom. The zero-order chi connectivity index (χ0) is 10.4. The maximum absolute atomic E-state index is 11.0. The molecule has 0 heterocycles. The van der Waals surface area contributed by atoms with Gasteiger partial charge in [-0.2, -0.15) is 0 Å². The third kappa shape index (κ3) is 2.99. The summed E-state index contributed by atoms with van der Waals surface area (Å²) in [6, 6.07) is 8.50. The van der Waals surface area contributed by atoms with Crippen LogP contribution in [0.2, 0.25) is 0 Å². The van der Waals surface area contributed by atoms with Crippen LogP contribution in [0.15, 0.2) is 30.3 Å². The molecule has 0 amide bonds. The molecule has 0 fully saturated rings. The van der Waals surface area contributed by atoms with Crippen LogP contribution in [0.4, 0.5) is 0 Å². The second-order valence-corrected chi connectivity index (χ2v) is 2.83. The van der Waals surface area contributed by atoms with Gasteiger partial charge in [0.1, 0.15) is 6.04 Å². The summed E-state index contributed by atoms with van der Waals surface area (Å²) in [6.45, 7) is 0.0905. The summed E-state index contributed by atoms with van der Waals surface area (Å²) in [5.74, 6) is -0.705. The van der Waals surface area contributed by atoms with Crippen molar-refractivity contribution in [1.29, 1.82) is 0 Å². The number of hydrogen-bond donors (Lipinski definition) is 1. The van der Waals surface area contributed by atoms with Gasteiger partial charge in [0, 0.05) is 0 Å². The second kappa shape index (κ2) is 5.14. The van der Waals surface area contributed by atoms with E-state index in [9.17, 15) is 9.59 Å². The van der Waals surface area contributed by atoms with Crippen LogP contribution in [0, 0.1) is 0 Å². The fraction of sp³-hybridized carbons (Fsp3) is 0.200. The van der Waals surface area contributed by atoms with E-state index in [1.165, 1.54) is 0 Å². The monoisotopic (exact) mass is 193 g/mol. The molecule has 0 saturated heterocycles. The van der Waals surface area contributed by atoms with Crippen LogP contribution in [-0.4, -0.2) is 18.5 Å². The first-order chi connectivity index (χ1) is 6.74. The molecule has 0 aliphatic heterocycles. The van der Waals surface area contributed by atoms with Crippen LogP contribution in [-0.2, 0) is 20.7 Å². The minimum absolute atomic E-state index is 0.0905. The Bertz CT molecular complexity index is 310. The predicted octanol–water partition coefficient (Wildman–Crippen LogP) is 0.256. The molecule has 0 radical (unpaired) electrons. The molecule has 1 rings (SSSR count). The van der Waals surface area contributed by atoms with E-state index < -0.39 is 12.0 Å². The Balaban J connectivity index is 2.52. The number of carbonyl (C=O) groups is 2. The van der Waals surface area contributed by atoms with Crippen LogP contribution in [0.5, 0.6) is 0 Å². The van der Waals surface area contributed by atoms with Crippen LogP contribution < -0.4 is 5.73 Å². The predicted molar refractivity (Wildman–Crippen MR) is 50.3 cm³/mol. The molecular formula is C10H11NO3. The fourth-order valence-electron chi connectivity index (χ4n) is 1.09. The van der Waals surface area contributed by atoms with Crippen molar-refractivity contribution in [2.24, 2.45) is 5.73 Å². The molecule has 2 N–H and O–H groups in total. The fourth-order valence-corrected chi connectivity index (χ4v) is 1.09. The van der Waals surface area contributed by atoms with Gasteiger partial charge in [0.05, 0.1) is 0 Å². The Morgan fingerprint density at radius 2 is 2.07 bits per heavy atom. The average molecular weight is 193 g/mol. The van der Waals surface area contributed by atoms with Gasteiger partial charge in [0.15, 0.2) is 0 Å². The van der Waals surface area contributed by atoms with Crippen molar-refractivity contribution in [3.8, 4) is 0 Å². The minimum atomic E-state index is -0.789. The van der Waals surface area contributed by atoms with E-state index in [0.717, 1.165) is 5.56 Å². The molecule has 0 saturated carbocycles. The molecule has 4 nitrogen and oxygen atoms in total. The first-order valence-electron chi connectivity index (χ1n) is 4.17. The number of ether oxygens (including phenoxy) is 1. The van der Waals surface area contributed by atoms with E-state index in [0.29, 0.717) is 6.42 Å². The summed E-state index contributed by atoms with van der Waals surface area (Å²) >= 11 is 0. The quantitative estimate of drug-likeness (QED) is 0.423. The summed E-state index contributed by atoms with van der Waals surface area (Å²) in [7, 11) is 0. The lowest BCUT2D eigenvalue weighted by Gasteiger charge is -2.07. The van der Waals surface area contributed by atoms with Gasteiger partial charge in [-0.15, -0.1) is 0 Å². The van der Waals surface area contributed by atoms with Gasteiger partial charge in [-0.25, -0.2) is 4.79 Å². The van der Waals surface area contributed by atoms with Crippen molar-refractivity contribution in [2.75, 3.05) is 0 Å². The normalized spacial score (nSPS) is 11.8. The van der Waals surface area contributed by atoms with Gasteiger partial charge >= 0.3 is 12.4 Å². The number of benzene rings is 1. The Morgan fingerprint density at radius 3 is 2.64 bits per heavy atom. The molecule has 74 valence electrons. The first-order valence-corrected chi connectivity index (χ1v) is 4.17. The lowest BCUT2D eigenvalue weighted by atomic mass is 10.1. The Hall–Kier alpha value is -1.68. The molecule has 4 heteroatoms. The van der Waals surface area contributed by atoms with Crippen molar-refractivity contribution in [3.63, 3.8) is 0 Å². The largest absolute Gasteiger partial charge is 0.394 e. The van der Waals surface area contributed by atoms with E-state index in [1.54, 1.807) is 0 Å². The standard InChI is InChI=1S/C10H11NO3/c11-9(10(13)14-7-12)6-8-4-2-1-3-5-8/h1-5,7,9H,6,11H2/t9-/m1/s1. The lowest BCUT2D eigenvalue weighted by Crippen LogP contribution is -2.34. The average Bonchev–Trinajstić information content (AvgIpc) is 2.19. The first kappa shape index (κ1) is 10.4. The molecule has 0 spiro atoms. The van der Waals surface area contributed by atoms with E-state index in [1.807, 2.05) is 30.3 Å². The van der Waals surface area contributed by atoms with Gasteiger partial charge < -0.3 is 10.5 Å². The SMILES string of the molecule is N[C@H](Cc1ccccc1)C(=O)OC=O. The number of nitrogens with two attached hydrogens (primary N) is 1. The Kier molecular flexibility index (Phi) is 3.82. The van der Waals surface area contributed by atoms with E-state index in [2.05, 4.69) is 4.74 Å². The van der Waals surface area contributed by atoms with E-state index in [4.69, 9.17) is 5.73 Å². The molecule has 0 aliphatic rings. The van der Waals surface area contributed by atoms with Gasteiger partial charge in [-0.05, 0) is 12.0 Å². The zero-order valence-electron chi connectivity index (χ0n) is 7.55. The van der Waals surface area contributed by atoms with Crippen molar-refractivity contribution >= 4 is 12.4 Å². The van der Waals surface area contributed by atoms with Gasteiger partial charge in [0.2, 0.25) is 0 Å². The summed E-state index contributed by atoms with van der Waals surface area (Å²) in [6.07, 6.45) is 0.369. The number of hydrogen-bond acceptors (Lipinski definition) is 4. The second-order valence-electron chi connectivity index (χ2n) is 2.83. The highest BCUT2D eigenvalue weighted by Gasteiger charge is 2.14. The van der Waals surface area contributed by atoms with Gasteiger partial charge in [-0.1, -0.05) is 30.3 Å². The van der Waals surface area contributed by atoms with E-state index in [-0.39, 0.29) is 6.47 Å². The summed E-state index contributed by atoms with van der Waals surface area (Å²) < 4.78 is 4.13. The van der Waals surface area contributed by atoms with E-state index >= 15 is 0 Å². The number of carbonyl (C=O) groups excluding carboxylic acids is 2. The molecule has 0 aliphatic carbocycles. The van der Waals surface area contributed by atoms with Crippen LogP contribution in [0.25, 0.3) is 0 Å². The number of rotatable bonds is 4. The van der Waals surface area contributed by atoms with Crippen LogP contribution in [0.3, 0.4) is 0 Å².